The number of aromatic nitrogens is 3. The Morgan fingerprint density at radius 2 is 2.03 bits per heavy atom. The summed E-state index contributed by atoms with van der Waals surface area (Å²) in [6.07, 6.45) is 1.76. The first-order valence-corrected chi connectivity index (χ1v) is 10.4. The van der Waals surface area contributed by atoms with Crippen molar-refractivity contribution in [2.75, 3.05) is 24.8 Å². The van der Waals surface area contributed by atoms with Crippen LogP contribution in [0.2, 0.25) is 0 Å². The monoisotopic (exact) mass is 409 g/mol. The van der Waals surface area contributed by atoms with Crippen molar-refractivity contribution < 1.29 is 9.63 Å². The summed E-state index contributed by atoms with van der Waals surface area (Å²) >= 11 is 1.53. The second kappa shape index (κ2) is 8.26. The molecule has 1 atom stereocenters. The van der Waals surface area contributed by atoms with Gasteiger partial charge in [-0.2, -0.15) is 0 Å². The van der Waals surface area contributed by atoms with E-state index in [1.807, 2.05) is 61.4 Å². The maximum Gasteiger partial charge on any atom is 0.254 e. The summed E-state index contributed by atoms with van der Waals surface area (Å²) in [7, 11) is 0. The molecule has 3 aromatic rings. The number of carbonyl (C=O) groups excluding carboxylic acids is 1. The third-order valence-electron chi connectivity index (χ3n) is 4.84. The second-order valence-electron chi connectivity index (χ2n) is 7.04. The van der Waals surface area contributed by atoms with Crippen LogP contribution in [0.1, 0.15) is 28.8 Å². The molecule has 1 aromatic carbocycles. The molecule has 0 saturated carbocycles. The van der Waals surface area contributed by atoms with Crippen molar-refractivity contribution in [1.29, 1.82) is 0 Å². The highest BCUT2D eigenvalue weighted by Gasteiger charge is 2.29. The lowest BCUT2D eigenvalue weighted by Gasteiger charge is -2.26. The number of hydrogen-bond acceptors (Lipinski definition) is 7. The van der Waals surface area contributed by atoms with Crippen molar-refractivity contribution in [2.45, 2.75) is 26.8 Å². The summed E-state index contributed by atoms with van der Waals surface area (Å²) in [6.45, 7) is 7.27. The summed E-state index contributed by atoms with van der Waals surface area (Å²) in [6, 6.07) is 9.47. The largest absolute Gasteiger partial charge is 0.332 e. The quantitative estimate of drug-likeness (QED) is 0.659. The number of amides is 1. The number of rotatable bonds is 3. The van der Waals surface area contributed by atoms with Crippen LogP contribution in [0.25, 0.3) is 10.6 Å². The Bertz CT molecular complexity index is 988. The van der Waals surface area contributed by atoms with Crippen molar-refractivity contribution in [3.63, 3.8) is 0 Å². The van der Waals surface area contributed by atoms with Gasteiger partial charge in [-0.15, -0.1) is 11.3 Å². The zero-order valence-corrected chi connectivity index (χ0v) is 17.5. The summed E-state index contributed by atoms with van der Waals surface area (Å²) in [5, 5.41) is 4.53. The first kappa shape index (κ1) is 19.5. The van der Waals surface area contributed by atoms with Crippen LogP contribution in [0.4, 0.5) is 5.82 Å². The van der Waals surface area contributed by atoms with Crippen LogP contribution < -0.4 is 5.06 Å². The number of aryl methyl sites for hydroxylation is 2. The van der Waals surface area contributed by atoms with Crippen molar-refractivity contribution >= 4 is 23.1 Å². The van der Waals surface area contributed by atoms with Crippen LogP contribution in [0, 0.1) is 13.8 Å². The minimum Gasteiger partial charge on any atom is -0.332 e. The number of hydroxylamine groups is 1. The smallest absolute Gasteiger partial charge is 0.254 e. The summed E-state index contributed by atoms with van der Waals surface area (Å²) in [5.74, 6) is 1.41. The van der Waals surface area contributed by atoms with Gasteiger partial charge in [-0.1, -0.05) is 18.2 Å². The number of carbonyl (C=O) groups is 1. The van der Waals surface area contributed by atoms with E-state index in [0.717, 1.165) is 22.1 Å². The molecule has 0 N–H and O–H groups in total. The summed E-state index contributed by atoms with van der Waals surface area (Å²) in [5.41, 5.74) is 2.42. The molecule has 4 rings (SSSR count). The fourth-order valence-corrected chi connectivity index (χ4v) is 4.12. The van der Waals surface area contributed by atoms with Gasteiger partial charge in [0.05, 0.1) is 19.2 Å². The highest BCUT2D eigenvalue weighted by atomic mass is 32.1. The second-order valence-corrected chi connectivity index (χ2v) is 7.94. The number of hydrogen-bond donors (Lipinski definition) is 0. The summed E-state index contributed by atoms with van der Waals surface area (Å²) < 4.78 is 0. The van der Waals surface area contributed by atoms with Crippen LogP contribution in [0.5, 0.6) is 0 Å². The molecule has 29 heavy (non-hydrogen) atoms. The van der Waals surface area contributed by atoms with Crippen molar-refractivity contribution in [3.8, 4) is 10.6 Å². The zero-order chi connectivity index (χ0) is 20.4. The topological polar surface area (TPSA) is 71.5 Å². The SMILES string of the molecule is Cc1cc(N2CCN(C(=O)c3ccccc3-c3nccs3)[C@@H](C)CO2)nc(C)n1. The normalized spacial score (nSPS) is 17.3. The van der Waals surface area contributed by atoms with E-state index >= 15 is 0 Å². The third kappa shape index (κ3) is 4.13. The zero-order valence-electron chi connectivity index (χ0n) is 16.7. The fourth-order valence-electron chi connectivity index (χ4n) is 3.45. The van der Waals surface area contributed by atoms with Gasteiger partial charge < -0.3 is 4.90 Å². The lowest BCUT2D eigenvalue weighted by Crippen LogP contribution is -2.41. The third-order valence-corrected chi connectivity index (χ3v) is 5.64. The van der Waals surface area contributed by atoms with Crippen molar-refractivity contribution in [3.05, 3.63) is 59.0 Å². The first-order valence-electron chi connectivity index (χ1n) is 9.55. The minimum atomic E-state index is -0.0686. The Hall–Kier alpha value is -2.84. The molecule has 0 radical (unpaired) electrons. The molecule has 7 nitrogen and oxygen atoms in total. The summed E-state index contributed by atoms with van der Waals surface area (Å²) in [4.78, 5) is 34.5. The number of thiazole rings is 1. The van der Waals surface area contributed by atoms with Gasteiger partial charge in [0.25, 0.3) is 5.91 Å². The molecule has 0 aliphatic carbocycles. The van der Waals surface area contributed by atoms with E-state index in [1.165, 1.54) is 11.3 Å². The van der Waals surface area contributed by atoms with Crippen LogP contribution >= 0.6 is 11.3 Å². The van der Waals surface area contributed by atoms with E-state index in [1.54, 1.807) is 11.3 Å². The molecule has 1 fully saturated rings. The van der Waals surface area contributed by atoms with E-state index in [-0.39, 0.29) is 11.9 Å². The van der Waals surface area contributed by atoms with Crippen molar-refractivity contribution in [1.82, 2.24) is 19.9 Å². The molecule has 1 saturated heterocycles. The molecule has 0 spiro atoms. The van der Waals surface area contributed by atoms with E-state index in [2.05, 4.69) is 15.0 Å². The Kier molecular flexibility index (Phi) is 5.55. The molecule has 150 valence electrons. The van der Waals surface area contributed by atoms with Gasteiger partial charge in [-0.05, 0) is 26.8 Å². The van der Waals surface area contributed by atoms with Gasteiger partial charge in [0.15, 0.2) is 5.82 Å². The van der Waals surface area contributed by atoms with Crippen molar-refractivity contribution in [2.24, 2.45) is 0 Å². The lowest BCUT2D eigenvalue weighted by molar-refractivity contribution is 0.0600. The molecule has 3 heterocycles. The predicted molar refractivity (Wildman–Crippen MR) is 113 cm³/mol. The van der Waals surface area contributed by atoms with E-state index < -0.39 is 0 Å². The standard InChI is InChI=1S/C21H23N5O2S/c1-14-12-19(24-16(3)23-14)26-10-9-25(15(2)13-28-26)21(27)18-7-5-4-6-17(18)20-22-8-11-29-20/h4-8,11-12,15H,9-10,13H2,1-3H3/t15-/m0/s1. The molecule has 1 amide bonds. The highest BCUT2D eigenvalue weighted by molar-refractivity contribution is 7.13. The van der Waals surface area contributed by atoms with Gasteiger partial charge >= 0.3 is 0 Å². The maximum atomic E-state index is 13.4. The van der Waals surface area contributed by atoms with Gasteiger partial charge in [0, 0.05) is 41.0 Å². The lowest BCUT2D eigenvalue weighted by atomic mass is 10.1. The van der Waals surface area contributed by atoms with Gasteiger partial charge in [-0.3, -0.25) is 9.63 Å². The van der Waals surface area contributed by atoms with E-state index in [0.29, 0.717) is 31.1 Å². The predicted octanol–water partition coefficient (Wildman–Crippen LogP) is 3.50. The Morgan fingerprint density at radius 3 is 2.79 bits per heavy atom. The molecule has 0 unspecified atom stereocenters. The maximum absolute atomic E-state index is 13.4. The molecule has 2 aromatic heterocycles. The minimum absolute atomic E-state index is 0.0104. The Labute approximate surface area is 174 Å². The van der Waals surface area contributed by atoms with Gasteiger partial charge in [0.1, 0.15) is 10.8 Å². The Balaban J connectivity index is 1.58. The highest BCUT2D eigenvalue weighted by Crippen LogP contribution is 2.27. The molecular formula is C21H23N5O2S. The molecule has 8 heteroatoms. The molecule has 1 aliphatic heterocycles. The first-order chi connectivity index (χ1) is 14.0. The van der Waals surface area contributed by atoms with E-state index in [4.69, 9.17) is 4.84 Å². The van der Waals surface area contributed by atoms with E-state index in [9.17, 15) is 4.79 Å². The average Bonchev–Trinajstić information content (AvgIpc) is 3.17. The number of nitrogens with zero attached hydrogens (tertiary/aromatic N) is 5. The van der Waals surface area contributed by atoms with Crippen LogP contribution in [0.3, 0.4) is 0 Å². The van der Waals surface area contributed by atoms with Gasteiger partial charge in [-0.25, -0.2) is 20.0 Å². The van der Waals surface area contributed by atoms with Gasteiger partial charge in [0.2, 0.25) is 0 Å². The average molecular weight is 410 g/mol. The Morgan fingerprint density at radius 1 is 1.21 bits per heavy atom. The number of anilines is 1. The molecular weight excluding hydrogens is 386 g/mol. The van der Waals surface area contributed by atoms with Crippen LogP contribution in [-0.2, 0) is 4.84 Å². The van der Waals surface area contributed by atoms with Crippen LogP contribution in [0.15, 0.2) is 41.9 Å². The fraction of sp³-hybridized carbons (Fsp3) is 0.333. The van der Waals surface area contributed by atoms with Crippen LogP contribution in [-0.4, -0.2) is 51.5 Å². The molecule has 1 aliphatic rings. The number of benzene rings is 1. The molecule has 0 bridgehead atoms.